The molecule has 2 aromatic heterocycles. The van der Waals surface area contributed by atoms with Crippen LogP contribution in [0.3, 0.4) is 0 Å². The second kappa shape index (κ2) is 5.15. The van der Waals surface area contributed by atoms with Crippen LogP contribution in [0, 0.1) is 13.8 Å². The zero-order chi connectivity index (χ0) is 14.9. The molecule has 2 rings (SSSR count). The Kier molecular flexibility index (Phi) is 3.70. The van der Waals surface area contributed by atoms with Crippen LogP contribution in [0.15, 0.2) is 12.3 Å². The van der Waals surface area contributed by atoms with Gasteiger partial charge in [0.05, 0.1) is 0 Å². The number of hydrogen-bond acceptors (Lipinski definition) is 3. The molecule has 0 unspecified atom stereocenters. The lowest BCUT2D eigenvalue weighted by molar-refractivity contribution is 0.0394. The number of ether oxygens (including phenoxy) is 1. The fourth-order valence-corrected chi connectivity index (χ4v) is 2.54. The molecule has 0 radical (unpaired) electrons. The molecule has 0 fully saturated rings. The number of hydrogen-bond donors (Lipinski definition) is 2. The van der Waals surface area contributed by atoms with Crippen molar-refractivity contribution in [2.75, 3.05) is 0 Å². The van der Waals surface area contributed by atoms with Crippen molar-refractivity contribution in [3.63, 3.8) is 0 Å². The summed E-state index contributed by atoms with van der Waals surface area (Å²) in [5, 5.41) is 1.14. The van der Waals surface area contributed by atoms with Crippen LogP contribution < -0.4 is 5.73 Å². The maximum Gasteiger partial charge on any atom is 0.405 e. The molecule has 0 saturated carbocycles. The van der Waals surface area contributed by atoms with Crippen molar-refractivity contribution in [3.05, 3.63) is 29.1 Å². The molecule has 1 amide bonds. The highest BCUT2D eigenvalue weighted by Gasteiger charge is 2.22. The van der Waals surface area contributed by atoms with Gasteiger partial charge in [0.25, 0.3) is 0 Å². The summed E-state index contributed by atoms with van der Waals surface area (Å²) in [7, 11) is 0. The SMILES string of the molecule is Cc1nc2[nH]ccc2c(C)c1CCC(C)(C)OC(N)=O. The molecule has 2 aromatic rings. The summed E-state index contributed by atoms with van der Waals surface area (Å²) >= 11 is 0. The normalized spacial score (nSPS) is 11.8. The van der Waals surface area contributed by atoms with E-state index in [0.717, 1.165) is 23.1 Å². The third-order valence-corrected chi connectivity index (χ3v) is 3.65. The van der Waals surface area contributed by atoms with Gasteiger partial charge in [-0.1, -0.05) is 0 Å². The average molecular weight is 275 g/mol. The number of nitrogens with two attached hydrogens (primary N) is 1. The van der Waals surface area contributed by atoms with Gasteiger partial charge in [-0.05, 0) is 57.7 Å². The minimum absolute atomic E-state index is 0.572. The number of aromatic amines is 1. The number of carbonyl (C=O) groups excluding carboxylic acids is 1. The number of nitrogens with zero attached hydrogens (tertiary/aromatic N) is 1. The molecule has 0 aliphatic rings. The van der Waals surface area contributed by atoms with Crippen molar-refractivity contribution in [3.8, 4) is 0 Å². The van der Waals surface area contributed by atoms with E-state index in [1.54, 1.807) is 0 Å². The summed E-state index contributed by atoms with van der Waals surface area (Å²) in [4.78, 5) is 18.6. The van der Waals surface area contributed by atoms with Crippen LogP contribution in [0.1, 0.15) is 37.1 Å². The first-order valence-corrected chi connectivity index (χ1v) is 6.72. The number of H-pyrrole nitrogens is 1. The Hall–Kier alpha value is -2.04. The van der Waals surface area contributed by atoms with Crippen LogP contribution in [0.2, 0.25) is 0 Å². The van der Waals surface area contributed by atoms with Crippen molar-refractivity contribution in [2.45, 2.75) is 46.1 Å². The Morgan fingerprint density at radius 1 is 1.45 bits per heavy atom. The molecule has 0 spiro atoms. The van der Waals surface area contributed by atoms with Crippen LogP contribution in [-0.2, 0) is 11.2 Å². The van der Waals surface area contributed by atoms with Crippen molar-refractivity contribution < 1.29 is 9.53 Å². The van der Waals surface area contributed by atoms with E-state index >= 15 is 0 Å². The van der Waals surface area contributed by atoms with Crippen molar-refractivity contribution in [1.82, 2.24) is 9.97 Å². The van der Waals surface area contributed by atoms with Gasteiger partial charge in [-0.15, -0.1) is 0 Å². The highest BCUT2D eigenvalue weighted by atomic mass is 16.6. The lowest BCUT2D eigenvalue weighted by atomic mass is 9.94. The Balaban J connectivity index is 2.23. The summed E-state index contributed by atoms with van der Waals surface area (Å²) in [5.41, 5.74) is 8.87. The Labute approximate surface area is 118 Å². The highest BCUT2D eigenvalue weighted by Crippen LogP contribution is 2.25. The van der Waals surface area contributed by atoms with Gasteiger partial charge in [-0.3, -0.25) is 0 Å². The smallest absolute Gasteiger partial charge is 0.405 e. The molecule has 0 atom stereocenters. The predicted octanol–water partition coefficient (Wildman–Crippen LogP) is 2.99. The van der Waals surface area contributed by atoms with Crippen molar-refractivity contribution in [2.24, 2.45) is 5.73 Å². The maximum absolute atomic E-state index is 10.9. The van der Waals surface area contributed by atoms with Crippen LogP contribution in [0.25, 0.3) is 11.0 Å². The zero-order valence-electron chi connectivity index (χ0n) is 12.4. The third-order valence-electron chi connectivity index (χ3n) is 3.65. The number of primary amides is 1. The van der Waals surface area contributed by atoms with Gasteiger partial charge in [0.2, 0.25) is 0 Å². The molecule has 108 valence electrons. The first kappa shape index (κ1) is 14.4. The van der Waals surface area contributed by atoms with Crippen LogP contribution in [0.5, 0.6) is 0 Å². The van der Waals surface area contributed by atoms with Crippen molar-refractivity contribution in [1.29, 1.82) is 0 Å². The monoisotopic (exact) mass is 275 g/mol. The molecular formula is C15H21N3O2. The van der Waals surface area contributed by atoms with Gasteiger partial charge < -0.3 is 15.5 Å². The predicted molar refractivity (Wildman–Crippen MR) is 78.6 cm³/mol. The van der Waals surface area contributed by atoms with Gasteiger partial charge in [0.15, 0.2) is 0 Å². The van der Waals surface area contributed by atoms with Gasteiger partial charge >= 0.3 is 6.09 Å². The van der Waals surface area contributed by atoms with E-state index < -0.39 is 11.7 Å². The number of aromatic nitrogens is 2. The first-order chi connectivity index (χ1) is 9.30. The minimum Gasteiger partial charge on any atom is -0.444 e. The molecule has 2 heterocycles. The van der Waals surface area contributed by atoms with Gasteiger partial charge in [0.1, 0.15) is 11.2 Å². The highest BCUT2D eigenvalue weighted by molar-refractivity contribution is 5.80. The van der Waals surface area contributed by atoms with E-state index in [-0.39, 0.29) is 0 Å². The molecule has 3 N–H and O–H groups in total. The Morgan fingerprint density at radius 2 is 2.15 bits per heavy atom. The second-order valence-corrected chi connectivity index (χ2v) is 5.72. The average Bonchev–Trinajstić information content (AvgIpc) is 2.74. The first-order valence-electron chi connectivity index (χ1n) is 6.72. The largest absolute Gasteiger partial charge is 0.444 e. The van der Waals surface area contributed by atoms with Crippen LogP contribution in [0.4, 0.5) is 4.79 Å². The molecular weight excluding hydrogens is 254 g/mol. The lowest BCUT2D eigenvalue weighted by Crippen LogP contribution is -2.31. The number of fused-ring (bicyclic) bond motifs is 1. The molecule has 0 bridgehead atoms. The zero-order valence-corrected chi connectivity index (χ0v) is 12.4. The topological polar surface area (TPSA) is 81.0 Å². The number of carbonyl (C=O) groups is 1. The molecule has 5 heteroatoms. The summed E-state index contributed by atoms with van der Waals surface area (Å²) in [6, 6.07) is 2.03. The van der Waals surface area contributed by atoms with E-state index in [9.17, 15) is 4.79 Å². The fourth-order valence-electron chi connectivity index (χ4n) is 2.54. The van der Waals surface area contributed by atoms with Gasteiger partial charge in [-0.25, -0.2) is 9.78 Å². The summed E-state index contributed by atoms with van der Waals surface area (Å²) in [5.74, 6) is 0. The van der Waals surface area contributed by atoms with Crippen LogP contribution >= 0.6 is 0 Å². The fraction of sp³-hybridized carbons (Fsp3) is 0.467. The van der Waals surface area contributed by atoms with Gasteiger partial charge in [0, 0.05) is 17.3 Å². The molecule has 5 nitrogen and oxygen atoms in total. The standard InChI is InChI=1S/C15H21N3O2/c1-9-11(5-7-15(3,4)20-14(16)19)10(2)18-13-12(9)6-8-17-13/h6,8H,5,7H2,1-4H3,(H2,16,19)(H,17,18). The third kappa shape index (κ3) is 2.92. The number of nitrogens with one attached hydrogen (secondary N) is 1. The quantitative estimate of drug-likeness (QED) is 0.900. The maximum atomic E-state index is 10.9. The second-order valence-electron chi connectivity index (χ2n) is 5.72. The molecule has 0 aromatic carbocycles. The lowest BCUT2D eigenvalue weighted by Gasteiger charge is -2.24. The van der Waals surface area contributed by atoms with E-state index in [4.69, 9.17) is 10.5 Å². The molecule has 0 aliphatic carbocycles. The summed E-state index contributed by atoms with van der Waals surface area (Å²) in [6.45, 7) is 7.84. The summed E-state index contributed by atoms with van der Waals surface area (Å²) in [6.07, 6.45) is 2.66. The van der Waals surface area contributed by atoms with E-state index in [1.807, 2.05) is 33.0 Å². The van der Waals surface area contributed by atoms with E-state index in [0.29, 0.717) is 6.42 Å². The number of pyridine rings is 1. The molecule has 0 saturated heterocycles. The van der Waals surface area contributed by atoms with Crippen molar-refractivity contribution >= 4 is 17.1 Å². The minimum atomic E-state index is -0.734. The van der Waals surface area contributed by atoms with E-state index in [1.165, 1.54) is 11.1 Å². The van der Waals surface area contributed by atoms with Crippen LogP contribution in [-0.4, -0.2) is 21.7 Å². The molecule has 0 aliphatic heterocycles. The van der Waals surface area contributed by atoms with Gasteiger partial charge in [-0.2, -0.15) is 0 Å². The Morgan fingerprint density at radius 3 is 2.80 bits per heavy atom. The van der Waals surface area contributed by atoms with E-state index in [2.05, 4.69) is 16.9 Å². The summed E-state index contributed by atoms with van der Waals surface area (Å²) < 4.78 is 5.12. The number of amides is 1. The molecule has 20 heavy (non-hydrogen) atoms. The number of aryl methyl sites for hydroxylation is 2. The Bertz CT molecular complexity index is 644. The number of rotatable bonds is 4.